The maximum absolute atomic E-state index is 5.56. The van der Waals surface area contributed by atoms with E-state index in [0.717, 1.165) is 13.2 Å². The van der Waals surface area contributed by atoms with Crippen LogP contribution in [-0.2, 0) is 4.74 Å². The Bertz CT molecular complexity index is 342. The van der Waals surface area contributed by atoms with Gasteiger partial charge in [-0.2, -0.15) is 0 Å². The first-order valence-corrected chi connectivity index (χ1v) is 7.43. The van der Waals surface area contributed by atoms with E-state index in [9.17, 15) is 0 Å². The molecule has 1 N–H and O–H groups in total. The number of thiophene rings is 1. The molecule has 2 heterocycles. The van der Waals surface area contributed by atoms with E-state index in [1.165, 1.54) is 15.8 Å². The molecule has 0 saturated carbocycles. The van der Waals surface area contributed by atoms with Crippen molar-refractivity contribution in [3.63, 3.8) is 0 Å². The fourth-order valence-electron chi connectivity index (χ4n) is 2.03. The van der Waals surface area contributed by atoms with E-state index in [-0.39, 0.29) is 0 Å². The number of halogens is 1. The van der Waals surface area contributed by atoms with Crippen LogP contribution in [-0.4, -0.2) is 19.3 Å². The van der Waals surface area contributed by atoms with E-state index in [1.807, 2.05) is 0 Å². The highest BCUT2D eigenvalue weighted by molar-refractivity contribution is 9.10. The largest absolute Gasteiger partial charge is 0.378 e. The summed E-state index contributed by atoms with van der Waals surface area (Å²) in [6.45, 7) is 6.37. The Labute approximate surface area is 110 Å². The second kappa shape index (κ2) is 5.63. The van der Waals surface area contributed by atoms with Gasteiger partial charge >= 0.3 is 0 Å². The molecule has 0 bridgehead atoms. The molecule has 0 aromatic carbocycles. The van der Waals surface area contributed by atoms with Gasteiger partial charge in [0, 0.05) is 33.9 Å². The second-order valence-electron chi connectivity index (χ2n) is 4.42. The first kappa shape index (κ1) is 12.6. The van der Waals surface area contributed by atoms with Gasteiger partial charge in [0.1, 0.15) is 0 Å². The Morgan fingerprint density at radius 1 is 1.69 bits per heavy atom. The fraction of sp³-hybridized carbons (Fsp3) is 0.667. The summed E-state index contributed by atoms with van der Waals surface area (Å²) in [7, 11) is 0. The number of hydrogen-bond acceptors (Lipinski definition) is 3. The van der Waals surface area contributed by atoms with Gasteiger partial charge in [-0.05, 0) is 48.2 Å². The van der Waals surface area contributed by atoms with E-state index in [2.05, 4.69) is 46.5 Å². The molecule has 4 heteroatoms. The molecule has 0 spiro atoms. The lowest BCUT2D eigenvalue weighted by Crippen LogP contribution is -2.28. The molecule has 1 fully saturated rings. The van der Waals surface area contributed by atoms with Crippen LogP contribution in [0.4, 0.5) is 0 Å². The molecule has 1 saturated heterocycles. The van der Waals surface area contributed by atoms with E-state index in [0.29, 0.717) is 18.1 Å². The number of nitrogens with one attached hydrogen (secondary N) is 1. The third kappa shape index (κ3) is 3.06. The number of rotatable bonds is 4. The summed E-state index contributed by atoms with van der Waals surface area (Å²) in [5, 5.41) is 5.73. The first-order chi connectivity index (χ1) is 7.66. The van der Waals surface area contributed by atoms with Crippen LogP contribution >= 0.6 is 27.3 Å². The quantitative estimate of drug-likeness (QED) is 0.918. The van der Waals surface area contributed by atoms with Crippen molar-refractivity contribution in [1.29, 1.82) is 0 Å². The minimum atomic E-state index is 0.412. The second-order valence-corrected chi connectivity index (χ2v) is 6.28. The molecule has 0 amide bonds. The number of hydrogen-bond donors (Lipinski definition) is 1. The third-order valence-electron chi connectivity index (χ3n) is 3.23. The number of ether oxygens (including phenoxy) is 1. The SMILES string of the molecule is CC(NCC1CCOC1C)c1cc(Br)cs1. The monoisotopic (exact) mass is 303 g/mol. The van der Waals surface area contributed by atoms with Crippen LogP contribution in [0.1, 0.15) is 31.2 Å². The minimum Gasteiger partial charge on any atom is -0.378 e. The molecular formula is C12H18BrNOS. The van der Waals surface area contributed by atoms with E-state index < -0.39 is 0 Å². The van der Waals surface area contributed by atoms with Crippen LogP contribution in [0, 0.1) is 5.92 Å². The Morgan fingerprint density at radius 2 is 2.50 bits per heavy atom. The van der Waals surface area contributed by atoms with Crippen molar-refractivity contribution in [2.75, 3.05) is 13.2 Å². The summed E-state index contributed by atoms with van der Waals surface area (Å²) in [6.07, 6.45) is 1.60. The van der Waals surface area contributed by atoms with Gasteiger partial charge in [-0.1, -0.05) is 0 Å². The molecule has 1 aliphatic rings. The molecule has 16 heavy (non-hydrogen) atoms. The van der Waals surface area contributed by atoms with Gasteiger partial charge in [0.15, 0.2) is 0 Å². The highest BCUT2D eigenvalue weighted by atomic mass is 79.9. The van der Waals surface area contributed by atoms with E-state index >= 15 is 0 Å². The van der Waals surface area contributed by atoms with Gasteiger partial charge < -0.3 is 10.1 Å². The van der Waals surface area contributed by atoms with Crippen molar-refractivity contribution < 1.29 is 4.74 Å². The Kier molecular flexibility index (Phi) is 4.41. The minimum absolute atomic E-state index is 0.412. The van der Waals surface area contributed by atoms with Crippen LogP contribution in [0.15, 0.2) is 15.9 Å². The van der Waals surface area contributed by atoms with Gasteiger partial charge in [-0.25, -0.2) is 0 Å². The van der Waals surface area contributed by atoms with Crippen LogP contribution in [0.5, 0.6) is 0 Å². The lowest BCUT2D eigenvalue weighted by molar-refractivity contribution is 0.105. The molecule has 1 aromatic rings. The van der Waals surface area contributed by atoms with Crippen LogP contribution in [0.3, 0.4) is 0 Å². The van der Waals surface area contributed by atoms with Gasteiger partial charge in [-0.3, -0.25) is 0 Å². The predicted octanol–water partition coefficient (Wildman–Crippen LogP) is 3.59. The zero-order chi connectivity index (χ0) is 11.5. The van der Waals surface area contributed by atoms with Crippen molar-refractivity contribution in [2.45, 2.75) is 32.4 Å². The van der Waals surface area contributed by atoms with Crippen LogP contribution in [0.25, 0.3) is 0 Å². The van der Waals surface area contributed by atoms with Gasteiger partial charge in [0.2, 0.25) is 0 Å². The Balaban J connectivity index is 1.81. The smallest absolute Gasteiger partial charge is 0.0588 e. The van der Waals surface area contributed by atoms with Crippen molar-refractivity contribution in [2.24, 2.45) is 5.92 Å². The molecule has 0 aliphatic carbocycles. The molecule has 0 radical (unpaired) electrons. The van der Waals surface area contributed by atoms with Gasteiger partial charge in [-0.15, -0.1) is 11.3 Å². The van der Waals surface area contributed by atoms with Crippen LogP contribution < -0.4 is 5.32 Å². The average molecular weight is 304 g/mol. The highest BCUT2D eigenvalue weighted by Gasteiger charge is 2.24. The van der Waals surface area contributed by atoms with Crippen molar-refractivity contribution >= 4 is 27.3 Å². The van der Waals surface area contributed by atoms with Gasteiger partial charge in [0.25, 0.3) is 0 Å². The van der Waals surface area contributed by atoms with E-state index in [1.54, 1.807) is 11.3 Å². The van der Waals surface area contributed by atoms with Crippen molar-refractivity contribution in [1.82, 2.24) is 5.32 Å². The topological polar surface area (TPSA) is 21.3 Å². The van der Waals surface area contributed by atoms with Crippen molar-refractivity contribution in [3.8, 4) is 0 Å². The lowest BCUT2D eigenvalue weighted by atomic mass is 10.0. The molecule has 3 unspecified atom stereocenters. The van der Waals surface area contributed by atoms with Crippen LogP contribution in [0.2, 0.25) is 0 Å². The predicted molar refractivity (Wildman–Crippen MR) is 72.0 cm³/mol. The Morgan fingerprint density at radius 3 is 3.06 bits per heavy atom. The summed E-state index contributed by atoms with van der Waals surface area (Å²) in [5.41, 5.74) is 0. The summed E-state index contributed by atoms with van der Waals surface area (Å²) in [5.74, 6) is 0.672. The Hall–Kier alpha value is 0.1000. The zero-order valence-electron chi connectivity index (χ0n) is 9.70. The highest BCUT2D eigenvalue weighted by Crippen LogP contribution is 2.26. The summed E-state index contributed by atoms with van der Waals surface area (Å²) in [4.78, 5) is 1.39. The molecule has 2 nitrogen and oxygen atoms in total. The maximum Gasteiger partial charge on any atom is 0.0588 e. The maximum atomic E-state index is 5.56. The standard InChI is InChI=1S/C12H18BrNOS/c1-8(12-5-11(13)7-16-12)14-6-10-3-4-15-9(10)2/h5,7-10,14H,3-4,6H2,1-2H3. The normalized spacial score (nSPS) is 27.2. The summed E-state index contributed by atoms with van der Waals surface area (Å²) in [6, 6.07) is 2.63. The van der Waals surface area contributed by atoms with Gasteiger partial charge in [0.05, 0.1) is 6.10 Å². The zero-order valence-corrected chi connectivity index (χ0v) is 12.1. The lowest BCUT2D eigenvalue weighted by Gasteiger charge is -2.18. The molecule has 1 aromatic heterocycles. The fourth-order valence-corrected chi connectivity index (χ4v) is 3.51. The van der Waals surface area contributed by atoms with Crippen molar-refractivity contribution in [3.05, 3.63) is 20.8 Å². The third-order valence-corrected chi connectivity index (χ3v) is 5.11. The molecular weight excluding hydrogens is 286 g/mol. The molecule has 3 atom stereocenters. The molecule has 90 valence electrons. The average Bonchev–Trinajstić information content (AvgIpc) is 2.84. The summed E-state index contributed by atoms with van der Waals surface area (Å²) >= 11 is 5.29. The first-order valence-electron chi connectivity index (χ1n) is 5.75. The molecule has 1 aliphatic heterocycles. The van der Waals surface area contributed by atoms with E-state index in [4.69, 9.17) is 4.74 Å². The summed E-state index contributed by atoms with van der Waals surface area (Å²) < 4.78 is 6.74. The molecule has 2 rings (SSSR count).